The van der Waals surface area contributed by atoms with Gasteiger partial charge >= 0.3 is 5.97 Å². The van der Waals surface area contributed by atoms with Crippen LogP contribution in [0.15, 0.2) is 42.5 Å². The number of rotatable bonds is 5. The fourth-order valence-corrected chi connectivity index (χ4v) is 3.05. The molecule has 0 spiro atoms. The van der Waals surface area contributed by atoms with E-state index in [4.69, 9.17) is 16.3 Å². The first-order valence-electron chi connectivity index (χ1n) is 8.42. The van der Waals surface area contributed by atoms with E-state index in [-0.39, 0.29) is 12.5 Å². The average molecular weight is 358 g/mol. The first-order valence-corrected chi connectivity index (χ1v) is 8.80. The Morgan fingerprint density at radius 2 is 1.72 bits per heavy atom. The van der Waals surface area contributed by atoms with E-state index in [1.54, 1.807) is 18.2 Å². The molecule has 0 fully saturated rings. The van der Waals surface area contributed by atoms with Gasteiger partial charge < -0.3 is 10.1 Å². The first kappa shape index (κ1) is 17.5. The average Bonchev–Trinajstić information content (AvgIpc) is 2.65. The standard InChI is InChI=1S/C20H20ClNO3/c21-18-9-5-14(6-10-18)12-22-19(23)13-25-20(24)17-8-7-15-3-1-2-4-16(15)11-17/h5-11H,1-4,12-13H2,(H,22,23). The molecule has 0 aliphatic heterocycles. The molecule has 4 nitrogen and oxygen atoms in total. The molecule has 25 heavy (non-hydrogen) atoms. The van der Waals surface area contributed by atoms with E-state index in [2.05, 4.69) is 5.32 Å². The van der Waals surface area contributed by atoms with Crippen LogP contribution in [0.3, 0.4) is 0 Å². The van der Waals surface area contributed by atoms with E-state index in [9.17, 15) is 9.59 Å². The lowest BCUT2D eigenvalue weighted by atomic mass is 9.90. The maximum Gasteiger partial charge on any atom is 0.338 e. The SMILES string of the molecule is O=C(COC(=O)c1ccc2c(c1)CCCC2)NCc1ccc(Cl)cc1. The van der Waals surface area contributed by atoms with E-state index in [1.807, 2.05) is 24.3 Å². The summed E-state index contributed by atoms with van der Waals surface area (Å²) in [5, 5.41) is 3.36. The molecule has 5 heteroatoms. The van der Waals surface area contributed by atoms with Gasteiger partial charge in [0.1, 0.15) is 0 Å². The third-order valence-electron chi connectivity index (χ3n) is 4.32. The van der Waals surface area contributed by atoms with Crippen molar-refractivity contribution in [2.24, 2.45) is 0 Å². The molecule has 0 atom stereocenters. The van der Waals surface area contributed by atoms with Gasteiger partial charge in [-0.2, -0.15) is 0 Å². The van der Waals surface area contributed by atoms with E-state index >= 15 is 0 Å². The highest BCUT2D eigenvalue weighted by Gasteiger charge is 2.14. The number of carbonyl (C=O) groups excluding carboxylic acids is 2. The topological polar surface area (TPSA) is 55.4 Å². The van der Waals surface area contributed by atoms with Crippen LogP contribution < -0.4 is 5.32 Å². The van der Waals surface area contributed by atoms with Gasteiger partial charge in [-0.25, -0.2) is 4.79 Å². The van der Waals surface area contributed by atoms with Gasteiger partial charge in [-0.05, 0) is 66.6 Å². The number of ether oxygens (including phenoxy) is 1. The Labute approximate surface area is 152 Å². The highest BCUT2D eigenvalue weighted by atomic mass is 35.5. The third kappa shape index (κ3) is 4.83. The summed E-state index contributed by atoms with van der Waals surface area (Å²) in [6, 6.07) is 12.9. The van der Waals surface area contributed by atoms with Gasteiger partial charge in [0, 0.05) is 11.6 Å². The minimum absolute atomic E-state index is 0.288. The fourth-order valence-electron chi connectivity index (χ4n) is 2.93. The maximum absolute atomic E-state index is 12.1. The molecular formula is C20H20ClNO3. The number of amides is 1. The van der Waals surface area contributed by atoms with E-state index in [0.717, 1.165) is 24.8 Å². The van der Waals surface area contributed by atoms with E-state index in [1.165, 1.54) is 17.5 Å². The molecule has 0 saturated carbocycles. The molecule has 0 saturated heterocycles. The predicted octanol–water partition coefficient (Wildman–Crippen LogP) is 3.69. The van der Waals surface area contributed by atoms with Crippen molar-refractivity contribution in [2.75, 3.05) is 6.61 Å². The summed E-state index contributed by atoms with van der Waals surface area (Å²) in [6.07, 6.45) is 4.42. The van der Waals surface area contributed by atoms with Gasteiger partial charge in [-0.1, -0.05) is 29.8 Å². The molecule has 1 N–H and O–H groups in total. The van der Waals surface area contributed by atoms with Crippen LogP contribution in [0.1, 0.15) is 39.9 Å². The summed E-state index contributed by atoms with van der Waals surface area (Å²) < 4.78 is 5.12. The van der Waals surface area contributed by atoms with E-state index < -0.39 is 5.97 Å². The van der Waals surface area contributed by atoms with Gasteiger partial charge in [-0.15, -0.1) is 0 Å². The van der Waals surface area contributed by atoms with Crippen molar-refractivity contribution in [3.8, 4) is 0 Å². The molecule has 1 amide bonds. The molecule has 0 heterocycles. The summed E-state index contributed by atoms with van der Waals surface area (Å²) in [4.78, 5) is 24.0. The lowest BCUT2D eigenvalue weighted by Gasteiger charge is -2.16. The van der Waals surface area contributed by atoms with Crippen LogP contribution in [0.4, 0.5) is 0 Å². The number of halogens is 1. The molecular weight excluding hydrogens is 338 g/mol. The van der Waals surface area contributed by atoms with Crippen LogP contribution >= 0.6 is 11.6 Å². The second-order valence-corrected chi connectivity index (χ2v) is 6.61. The number of nitrogens with one attached hydrogen (secondary N) is 1. The van der Waals surface area contributed by atoms with Crippen LogP contribution in [0.5, 0.6) is 0 Å². The Balaban J connectivity index is 1.48. The number of hydrogen-bond acceptors (Lipinski definition) is 3. The van der Waals surface area contributed by atoms with Crippen molar-refractivity contribution in [3.05, 3.63) is 69.7 Å². The van der Waals surface area contributed by atoms with Crippen LogP contribution in [0.2, 0.25) is 5.02 Å². The number of hydrogen-bond donors (Lipinski definition) is 1. The number of esters is 1. The van der Waals surface area contributed by atoms with Crippen molar-refractivity contribution in [3.63, 3.8) is 0 Å². The van der Waals surface area contributed by atoms with Crippen molar-refractivity contribution >= 4 is 23.5 Å². The second kappa shape index (κ2) is 8.17. The summed E-state index contributed by atoms with van der Waals surface area (Å²) in [6.45, 7) is 0.0793. The number of aryl methyl sites for hydroxylation is 2. The zero-order valence-corrected chi connectivity index (χ0v) is 14.6. The summed E-state index contributed by atoms with van der Waals surface area (Å²) in [7, 11) is 0. The van der Waals surface area contributed by atoms with Crippen molar-refractivity contribution < 1.29 is 14.3 Å². The van der Waals surface area contributed by atoms with Crippen molar-refractivity contribution in [1.29, 1.82) is 0 Å². The zero-order valence-electron chi connectivity index (χ0n) is 13.9. The quantitative estimate of drug-likeness (QED) is 0.830. The summed E-state index contributed by atoms with van der Waals surface area (Å²) in [5.41, 5.74) is 3.96. The summed E-state index contributed by atoms with van der Waals surface area (Å²) >= 11 is 5.82. The molecule has 1 aliphatic rings. The smallest absolute Gasteiger partial charge is 0.338 e. The molecule has 2 aromatic carbocycles. The number of benzene rings is 2. The molecule has 0 unspecified atom stereocenters. The monoisotopic (exact) mass is 357 g/mol. The highest BCUT2D eigenvalue weighted by Crippen LogP contribution is 2.22. The van der Waals surface area contributed by atoms with Gasteiger partial charge in [0.15, 0.2) is 6.61 Å². The lowest BCUT2D eigenvalue weighted by Crippen LogP contribution is -2.28. The predicted molar refractivity (Wildman–Crippen MR) is 96.7 cm³/mol. The van der Waals surface area contributed by atoms with Crippen LogP contribution in [0, 0.1) is 0 Å². The molecule has 0 bridgehead atoms. The Morgan fingerprint density at radius 1 is 1.00 bits per heavy atom. The van der Waals surface area contributed by atoms with Crippen LogP contribution in [-0.4, -0.2) is 18.5 Å². The molecule has 3 rings (SSSR count). The molecule has 1 aliphatic carbocycles. The van der Waals surface area contributed by atoms with Gasteiger partial charge in [0.05, 0.1) is 5.56 Å². The zero-order chi connectivity index (χ0) is 17.6. The van der Waals surface area contributed by atoms with Gasteiger partial charge in [0.2, 0.25) is 0 Å². The fraction of sp³-hybridized carbons (Fsp3) is 0.300. The highest BCUT2D eigenvalue weighted by molar-refractivity contribution is 6.30. The van der Waals surface area contributed by atoms with Gasteiger partial charge in [0.25, 0.3) is 5.91 Å². The lowest BCUT2D eigenvalue weighted by molar-refractivity contribution is -0.124. The Bertz CT molecular complexity index is 771. The van der Waals surface area contributed by atoms with E-state index in [0.29, 0.717) is 17.1 Å². The number of fused-ring (bicyclic) bond motifs is 1. The van der Waals surface area contributed by atoms with Gasteiger partial charge in [-0.3, -0.25) is 4.79 Å². The minimum atomic E-state index is -0.463. The van der Waals surface area contributed by atoms with Crippen molar-refractivity contribution in [1.82, 2.24) is 5.32 Å². The Hall–Kier alpha value is -2.33. The molecule has 0 radical (unpaired) electrons. The second-order valence-electron chi connectivity index (χ2n) is 6.17. The summed E-state index contributed by atoms with van der Waals surface area (Å²) in [5.74, 6) is -0.795. The normalized spacial score (nSPS) is 13.0. The van der Waals surface area contributed by atoms with Crippen molar-refractivity contribution in [2.45, 2.75) is 32.2 Å². The molecule has 2 aromatic rings. The largest absolute Gasteiger partial charge is 0.452 e. The molecule has 0 aromatic heterocycles. The first-order chi connectivity index (χ1) is 12.1. The maximum atomic E-state index is 12.1. The third-order valence-corrected chi connectivity index (χ3v) is 4.57. The molecule has 130 valence electrons. The number of carbonyl (C=O) groups is 2. The Kier molecular flexibility index (Phi) is 5.71. The Morgan fingerprint density at radius 3 is 2.48 bits per heavy atom. The van der Waals surface area contributed by atoms with Crippen LogP contribution in [-0.2, 0) is 28.9 Å². The van der Waals surface area contributed by atoms with Crippen LogP contribution in [0.25, 0.3) is 0 Å². The minimum Gasteiger partial charge on any atom is -0.452 e.